The minimum atomic E-state index is -0.0296. The van der Waals surface area contributed by atoms with Gasteiger partial charge in [0.25, 0.3) is 0 Å². The molecule has 1 aliphatic heterocycles. The van der Waals surface area contributed by atoms with Crippen LogP contribution >= 0.6 is 0 Å². The summed E-state index contributed by atoms with van der Waals surface area (Å²) in [6.07, 6.45) is 0.959. The molecular formula is C19H18N2O3. The number of benzene rings is 2. The second-order valence-electron chi connectivity index (χ2n) is 5.58. The minimum Gasteiger partial charge on any atom is -0.454 e. The third-order valence-corrected chi connectivity index (χ3v) is 3.90. The minimum absolute atomic E-state index is 0.0296. The molecule has 0 bridgehead atoms. The van der Waals surface area contributed by atoms with Crippen LogP contribution in [0, 0.1) is 11.3 Å². The molecule has 0 unspecified atom stereocenters. The zero-order chi connectivity index (χ0) is 16.8. The number of hydrogen-bond acceptors (Lipinski definition) is 4. The predicted octanol–water partition coefficient (Wildman–Crippen LogP) is 2.90. The summed E-state index contributed by atoms with van der Waals surface area (Å²) in [4.78, 5) is 14.0. The largest absolute Gasteiger partial charge is 0.454 e. The molecule has 0 fully saturated rings. The molecule has 0 spiro atoms. The molecule has 0 atom stereocenters. The fourth-order valence-electron chi connectivity index (χ4n) is 2.63. The van der Waals surface area contributed by atoms with Gasteiger partial charge in [0.2, 0.25) is 12.7 Å². The van der Waals surface area contributed by atoms with Gasteiger partial charge in [-0.2, -0.15) is 5.26 Å². The van der Waals surface area contributed by atoms with Crippen LogP contribution in [0.25, 0.3) is 0 Å². The van der Waals surface area contributed by atoms with Crippen molar-refractivity contribution in [3.8, 4) is 17.6 Å². The molecule has 1 aliphatic rings. The fraction of sp³-hybridized carbons (Fsp3) is 0.263. The summed E-state index contributed by atoms with van der Waals surface area (Å²) in [5.74, 6) is 1.43. The van der Waals surface area contributed by atoms with E-state index in [2.05, 4.69) is 6.07 Å². The van der Waals surface area contributed by atoms with Crippen molar-refractivity contribution in [2.24, 2.45) is 0 Å². The highest BCUT2D eigenvalue weighted by Gasteiger charge is 2.16. The maximum atomic E-state index is 12.5. The van der Waals surface area contributed by atoms with Crippen molar-refractivity contribution >= 4 is 5.91 Å². The number of hydrogen-bond donors (Lipinski definition) is 0. The molecule has 5 nitrogen and oxygen atoms in total. The van der Waals surface area contributed by atoms with Crippen molar-refractivity contribution in [3.63, 3.8) is 0 Å². The Morgan fingerprint density at radius 2 is 1.88 bits per heavy atom. The molecule has 24 heavy (non-hydrogen) atoms. The van der Waals surface area contributed by atoms with Crippen LogP contribution in [-0.2, 0) is 17.8 Å². The Bertz CT molecular complexity index is 753. The summed E-state index contributed by atoms with van der Waals surface area (Å²) in [5, 5.41) is 8.98. The van der Waals surface area contributed by atoms with E-state index in [0.717, 1.165) is 22.6 Å². The molecule has 0 saturated carbocycles. The van der Waals surface area contributed by atoms with Crippen LogP contribution in [0.2, 0.25) is 0 Å². The fourth-order valence-corrected chi connectivity index (χ4v) is 2.63. The first kappa shape index (κ1) is 15.9. The van der Waals surface area contributed by atoms with Crippen molar-refractivity contribution in [1.29, 1.82) is 5.26 Å². The molecule has 1 heterocycles. The maximum absolute atomic E-state index is 12.5. The van der Waals surface area contributed by atoms with Crippen LogP contribution in [0.15, 0.2) is 48.5 Å². The molecular weight excluding hydrogens is 304 g/mol. The maximum Gasteiger partial charge on any atom is 0.231 e. The highest BCUT2D eigenvalue weighted by molar-refractivity contribution is 5.76. The van der Waals surface area contributed by atoms with E-state index in [1.807, 2.05) is 48.5 Å². The molecule has 2 aromatic carbocycles. The van der Waals surface area contributed by atoms with E-state index < -0.39 is 0 Å². The van der Waals surface area contributed by atoms with Gasteiger partial charge in [-0.3, -0.25) is 4.79 Å². The molecule has 2 aromatic rings. The summed E-state index contributed by atoms with van der Waals surface area (Å²) in [7, 11) is 0. The van der Waals surface area contributed by atoms with Crippen LogP contribution in [0.4, 0.5) is 0 Å². The molecule has 0 N–H and O–H groups in total. The van der Waals surface area contributed by atoms with Gasteiger partial charge in [-0.25, -0.2) is 0 Å². The van der Waals surface area contributed by atoms with Gasteiger partial charge in [0.1, 0.15) is 6.54 Å². The molecule has 0 radical (unpaired) electrons. The van der Waals surface area contributed by atoms with Gasteiger partial charge < -0.3 is 14.4 Å². The number of carbonyl (C=O) groups excluding carboxylic acids is 1. The second kappa shape index (κ2) is 7.51. The number of nitriles is 1. The molecule has 122 valence electrons. The predicted molar refractivity (Wildman–Crippen MR) is 88.4 cm³/mol. The van der Waals surface area contributed by atoms with E-state index in [0.29, 0.717) is 19.4 Å². The number of nitrogens with zero attached hydrogens (tertiary/aromatic N) is 2. The van der Waals surface area contributed by atoms with Crippen LogP contribution in [-0.4, -0.2) is 24.1 Å². The van der Waals surface area contributed by atoms with E-state index in [4.69, 9.17) is 14.7 Å². The zero-order valence-electron chi connectivity index (χ0n) is 13.3. The zero-order valence-corrected chi connectivity index (χ0v) is 13.3. The number of fused-ring (bicyclic) bond motifs is 1. The van der Waals surface area contributed by atoms with Crippen molar-refractivity contribution in [2.45, 2.75) is 19.4 Å². The third-order valence-electron chi connectivity index (χ3n) is 3.90. The Labute approximate surface area is 141 Å². The van der Waals surface area contributed by atoms with Gasteiger partial charge in [-0.05, 0) is 29.7 Å². The van der Waals surface area contributed by atoms with Gasteiger partial charge in [-0.15, -0.1) is 0 Å². The number of carbonyl (C=O) groups is 1. The first-order valence-electron chi connectivity index (χ1n) is 7.83. The molecule has 0 saturated heterocycles. The third kappa shape index (κ3) is 3.85. The van der Waals surface area contributed by atoms with Gasteiger partial charge in [0.15, 0.2) is 11.5 Å². The van der Waals surface area contributed by atoms with E-state index in [9.17, 15) is 4.79 Å². The highest BCUT2D eigenvalue weighted by Crippen LogP contribution is 2.32. The quantitative estimate of drug-likeness (QED) is 0.767. The second-order valence-corrected chi connectivity index (χ2v) is 5.58. The Morgan fingerprint density at radius 3 is 2.67 bits per heavy atom. The molecule has 0 aromatic heterocycles. The van der Waals surface area contributed by atoms with Crippen LogP contribution in [0.1, 0.15) is 17.5 Å². The summed E-state index contributed by atoms with van der Waals surface area (Å²) in [6.45, 7) is 0.786. The average molecular weight is 322 g/mol. The summed E-state index contributed by atoms with van der Waals surface area (Å²) < 4.78 is 10.6. The lowest BCUT2D eigenvalue weighted by Gasteiger charge is -2.19. The summed E-state index contributed by atoms with van der Waals surface area (Å²) >= 11 is 0. The Kier molecular flexibility index (Phi) is 4.97. The molecule has 0 aliphatic carbocycles. The topological polar surface area (TPSA) is 62.6 Å². The lowest BCUT2D eigenvalue weighted by Crippen LogP contribution is -2.31. The standard InChI is InChI=1S/C19H18N2O3/c20-10-11-21(13-16-4-2-1-3-5-16)19(22)9-7-15-6-8-17-18(12-15)24-14-23-17/h1-6,8,12H,7,9,11,13-14H2. The van der Waals surface area contributed by atoms with Crippen molar-refractivity contribution in [3.05, 3.63) is 59.7 Å². The van der Waals surface area contributed by atoms with Crippen molar-refractivity contribution in [2.75, 3.05) is 13.3 Å². The summed E-state index contributed by atoms with van der Waals surface area (Å²) in [6, 6.07) is 17.5. The average Bonchev–Trinajstić information content (AvgIpc) is 3.08. The van der Waals surface area contributed by atoms with Crippen molar-refractivity contribution in [1.82, 2.24) is 4.90 Å². The van der Waals surface area contributed by atoms with Crippen molar-refractivity contribution < 1.29 is 14.3 Å². The smallest absolute Gasteiger partial charge is 0.231 e. The van der Waals surface area contributed by atoms with Gasteiger partial charge >= 0.3 is 0 Å². The normalized spacial score (nSPS) is 11.8. The highest BCUT2D eigenvalue weighted by atomic mass is 16.7. The number of amides is 1. The van der Waals surface area contributed by atoms with E-state index in [1.54, 1.807) is 4.90 Å². The summed E-state index contributed by atoms with van der Waals surface area (Å²) in [5.41, 5.74) is 2.04. The van der Waals surface area contributed by atoms with E-state index >= 15 is 0 Å². The molecule has 1 amide bonds. The number of aryl methyl sites for hydroxylation is 1. The molecule has 3 rings (SSSR count). The first-order valence-corrected chi connectivity index (χ1v) is 7.83. The van der Waals surface area contributed by atoms with Crippen LogP contribution in [0.5, 0.6) is 11.5 Å². The lowest BCUT2D eigenvalue weighted by molar-refractivity contribution is -0.131. The number of ether oxygens (including phenoxy) is 2. The van der Waals surface area contributed by atoms with E-state index in [1.165, 1.54) is 0 Å². The van der Waals surface area contributed by atoms with Gasteiger partial charge in [0.05, 0.1) is 6.07 Å². The monoisotopic (exact) mass is 322 g/mol. The lowest BCUT2D eigenvalue weighted by atomic mass is 10.1. The Morgan fingerprint density at radius 1 is 1.08 bits per heavy atom. The van der Waals surface area contributed by atoms with Gasteiger partial charge in [0, 0.05) is 13.0 Å². The number of rotatable bonds is 6. The van der Waals surface area contributed by atoms with Gasteiger partial charge in [-0.1, -0.05) is 36.4 Å². The SMILES string of the molecule is N#CCN(Cc1ccccc1)C(=O)CCc1ccc2c(c1)OCO2. The van der Waals surface area contributed by atoms with Crippen LogP contribution in [0.3, 0.4) is 0 Å². The Hall–Kier alpha value is -3.00. The van der Waals surface area contributed by atoms with Crippen LogP contribution < -0.4 is 9.47 Å². The Balaban J connectivity index is 1.60. The first-order chi connectivity index (χ1) is 11.8. The molecule has 5 heteroatoms. The van der Waals surface area contributed by atoms with E-state index in [-0.39, 0.29) is 19.2 Å².